The van der Waals surface area contributed by atoms with Crippen molar-refractivity contribution >= 4 is 24.8 Å². The van der Waals surface area contributed by atoms with Crippen LogP contribution < -0.4 is 4.74 Å². The summed E-state index contributed by atoms with van der Waals surface area (Å²) in [5.74, 6) is 1.84. The van der Waals surface area contributed by atoms with Gasteiger partial charge in [-0.2, -0.15) is 0 Å². The lowest BCUT2D eigenvalue weighted by Gasteiger charge is -2.04. The molecule has 0 aliphatic heterocycles. The zero-order valence-corrected chi connectivity index (χ0v) is 14.0. The second-order valence-electron chi connectivity index (χ2n) is 4.57. The fourth-order valence-corrected chi connectivity index (χ4v) is 2.09. The van der Waals surface area contributed by atoms with Gasteiger partial charge in [0.1, 0.15) is 11.6 Å². The van der Waals surface area contributed by atoms with E-state index in [9.17, 15) is 0 Å². The van der Waals surface area contributed by atoms with Crippen molar-refractivity contribution in [1.82, 2.24) is 19.1 Å². The highest BCUT2D eigenvalue weighted by molar-refractivity contribution is 5.85. The van der Waals surface area contributed by atoms with Crippen LogP contribution in [0.5, 0.6) is 5.75 Å². The molecule has 0 saturated carbocycles. The van der Waals surface area contributed by atoms with Crippen molar-refractivity contribution in [2.75, 3.05) is 7.11 Å². The van der Waals surface area contributed by atoms with Gasteiger partial charge >= 0.3 is 0 Å². The highest BCUT2D eigenvalue weighted by Gasteiger charge is 2.04. The molecule has 1 aromatic carbocycles. The number of methoxy groups -OCH3 is 1. The van der Waals surface area contributed by atoms with E-state index in [0.717, 1.165) is 29.5 Å². The van der Waals surface area contributed by atoms with Crippen molar-refractivity contribution in [3.63, 3.8) is 0 Å². The molecule has 0 saturated heterocycles. The number of aromatic nitrogens is 4. The first-order chi connectivity index (χ1) is 9.76. The lowest BCUT2D eigenvalue weighted by atomic mass is 10.3. The predicted octanol–water partition coefficient (Wildman–Crippen LogP) is 3.28. The van der Waals surface area contributed by atoms with Gasteiger partial charge in [0, 0.05) is 24.3 Å². The average molecular weight is 341 g/mol. The molecule has 0 atom stereocenters. The van der Waals surface area contributed by atoms with Crippen LogP contribution in [0.3, 0.4) is 0 Å². The summed E-state index contributed by atoms with van der Waals surface area (Å²) in [6.07, 6.45) is 7.61. The molecule has 2 aromatic heterocycles. The molecule has 118 valence electrons. The summed E-state index contributed by atoms with van der Waals surface area (Å²) in [6.45, 7) is 2.72. The van der Waals surface area contributed by atoms with Crippen molar-refractivity contribution in [3.8, 4) is 11.4 Å². The molecule has 0 N–H and O–H groups in total. The quantitative estimate of drug-likeness (QED) is 0.732. The molecule has 7 heteroatoms. The highest BCUT2D eigenvalue weighted by atomic mass is 35.5. The van der Waals surface area contributed by atoms with Crippen LogP contribution in [0.1, 0.15) is 11.5 Å². The molecule has 0 unspecified atom stereocenters. The van der Waals surface area contributed by atoms with Crippen LogP contribution in [-0.4, -0.2) is 26.2 Å². The van der Waals surface area contributed by atoms with Crippen LogP contribution in [0.25, 0.3) is 5.69 Å². The van der Waals surface area contributed by atoms with Crippen molar-refractivity contribution in [2.45, 2.75) is 13.5 Å². The van der Waals surface area contributed by atoms with Crippen LogP contribution in [0.2, 0.25) is 0 Å². The van der Waals surface area contributed by atoms with Crippen molar-refractivity contribution in [3.05, 3.63) is 60.7 Å². The Balaban J connectivity index is 0.00000121. The third-order valence-electron chi connectivity index (χ3n) is 3.26. The molecule has 0 aliphatic carbocycles. The molecule has 2 heterocycles. The van der Waals surface area contributed by atoms with E-state index in [1.54, 1.807) is 13.3 Å². The molecule has 22 heavy (non-hydrogen) atoms. The lowest BCUT2D eigenvalue weighted by Crippen LogP contribution is -2.00. The molecule has 0 amide bonds. The molecule has 5 nitrogen and oxygen atoms in total. The third kappa shape index (κ3) is 3.81. The van der Waals surface area contributed by atoms with Crippen molar-refractivity contribution < 1.29 is 4.74 Å². The molecule has 0 spiro atoms. The molecular weight excluding hydrogens is 323 g/mol. The zero-order chi connectivity index (χ0) is 13.9. The number of ether oxygens (including phenoxy) is 1. The minimum Gasteiger partial charge on any atom is -0.497 e. The Morgan fingerprint density at radius 1 is 1.09 bits per heavy atom. The van der Waals surface area contributed by atoms with E-state index in [1.165, 1.54) is 0 Å². The fraction of sp³-hybridized carbons (Fsp3) is 0.200. The molecular formula is C15H18Cl2N4O. The summed E-state index contributed by atoms with van der Waals surface area (Å²) in [4.78, 5) is 8.65. The third-order valence-corrected chi connectivity index (χ3v) is 3.26. The van der Waals surface area contributed by atoms with E-state index in [0.29, 0.717) is 0 Å². The first-order valence-corrected chi connectivity index (χ1v) is 6.41. The average Bonchev–Trinajstić information content (AvgIpc) is 3.10. The topological polar surface area (TPSA) is 44.9 Å². The standard InChI is InChI=1S/C15H16N4O.2ClH/c1-12-16-7-8-18(12)9-13-10-19(11-17-13)14-3-5-15(20-2)6-4-14;;/h3-8,10-11H,9H2,1-2H3;2*1H. The van der Waals surface area contributed by atoms with Crippen molar-refractivity contribution in [2.24, 2.45) is 0 Å². The molecule has 0 radical (unpaired) electrons. The Bertz CT molecular complexity index is 706. The number of rotatable bonds is 4. The minimum absolute atomic E-state index is 0. The SMILES string of the molecule is COc1ccc(-n2cnc(Cn3ccnc3C)c2)cc1.Cl.Cl. The van der Waals surface area contributed by atoms with E-state index in [1.807, 2.05) is 54.5 Å². The van der Waals surface area contributed by atoms with E-state index in [2.05, 4.69) is 14.5 Å². The fourth-order valence-electron chi connectivity index (χ4n) is 2.09. The lowest BCUT2D eigenvalue weighted by molar-refractivity contribution is 0.415. The first-order valence-electron chi connectivity index (χ1n) is 6.41. The second kappa shape index (κ2) is 7.87. The maximum Gasteiger partial charge on any atom is 0.119 e. The molecule has 3 aromatic rings. The molecule has 0 bridgehead atoms. The maximum absolute atomic E-state index is 5.16. The van der Waals surface area contributed by atoms with Gasteiger partial charge in [-0.15, -0.1) is 24.8 Å². The number of hydrogen-bond acceptors (Lipinski definition) is 3. The molecule has 3 rings (SSSR count). The van der Waals surface area contributed by atoms with Crippen LogP contribution in [-0.2, 0) is 6.54 Å². The number of halogens is 2. The predicted molar refractivity (Wildman–Crippen MR) is 90.7 cm³/mol. The van der Waals surface area contributed by atoms with E-state index >= 15 is 0 Å². The van der Waals surface area contributed by atoms with Crippen LogP contribution in [0, 0.1) is 6.92 Å². The van der Waals surface area contributed by atoms with Gasteiger partial charge in [0.15, 0.2) is 0 Å². The van der Waals surface area contributed by atoms with Gasteiger partial charge in [-0.3, -0.25) is 0 Å². The highest BCUT2D eigenvalue weighted by Crippen LogP contribution is 2.15. The van der Waals surface area contributed by atoms with Crippen LogP contribution in [0.15, 0.2) is 49.2 Å². The maximum atomic E-state index is 5.16. The van der Waals surface area contributed by atoms with Crippen molar-refractivity contribution in [1.29, 1.82) is 0 Å². The molecule has 0 aliphatic rings. The second-order valence-corrected chi connectivity index (χ2v) is 4.57. The number of hydrogen-bond donors (Lipinski definition) is 0. The largest absolute Gasteiger partial charge is 0.497 e. The Hall–Kier alpha value is -1.98. The summed E-state index contributed by atoms with van der Waals surface area (Å²) in [7, 11) is 1.66. The number of aryl methyl sites for hydroxylation is 1. The minimum atomic E-state index is 0. The summed E-state index contributed by atoms with van der Waals surface area (Å²) in [5.41, 5.74) is 2.06. The number of benzene rings is 1. The van der Waals surface area contributed by atoms with E-state index in [-0.39, 0.29) is 24.8 Å². The Labute approximate surface area is 141 Å². The van der Waals surface area contributed by atoms with E-state index < -0.39 is 0 Å². The van der Waals surface area contributed by atoms with Gasteiger partial charge in [0.2, 0.25) is 0 Å². The summed E-state index contributed by atoms with van der Waals surface area (Å²) in [5, 5.41) is 0. The Morgan fingerprint density at radius 2 is 1.82 bits per heavy atom. The Morgan fingerprint density at radius 3 is 2.41 bits per heavy atom. The number of nitrogens with zero attached hydrogens (tertiary/aromatic N) is 4. The van der Waals surface area contributed by atoms with Gasteiger partial charge in [0.05, 0.1) is 25.7 Å². The van der Waals surface area contributed by atoms with Gasteiger partial charge in [-0.1, -0.05) is 0 Å². The van der Waals surface area contributed by atoms with Gasteiger partial charge in [0.25, 0.3) is 0 Å². The van der Waals surface area contributed by atoms with Gasteiger partial charge in [-0.05, 0) is 31.2 Å². The van der Waals surface area contributed by atoms with Gasteiger partial charge < -0.3 is 13.9 Å². The molecule has 0 fully saturated rings. The van der Waals surface area contributed by atoms with Crippen LogP contribution in [0.4, 0.5) is 0 Å². The summed E-state index contributed by atoms with van der Waals surface area (Å²) >= 11 is 0. The van der Waals surface area contributed by atoms with Gasteiger partial charge in [-0.25, -0.2) is 9.97 Å². The normalized spacial score (nSPS) is 9.73. The zero-order valence-electron chi connectivity index (χ0n) is 12.3. The van der Waals surface area contributed by atoms with E-state index in [4.69, 9.17) is 4.74 Å². The summed E-state index contributed by atoms with van der Waals surface area (Å²) in [6, 6.07) is 7.89. The Kier molecular flexibility index (Phi) is 6.46. The number of imidazole rings is 2. The monoisotopic (exact) mass is 340 g/mol. The smallest absolute Gasteiger partial charge is 0.119 e. The first kappa shape index (κ1) is 18.1. The summed E-state index contributed by atoms with van der Waals surface area (Å²) < 4.78 is 9.23. The van der Waals surface area contributed by atoms with Crippen LogP contribution >= 0.6 is 24.8 Å².